The van der Waals surface area contributed by atoms with Gasteiger partial charge in [-0.3, -0.25) is 4.79 Å². The minimum atomic E-state index is -0.744. The number of rotatable bonds is 6. The number of ether oxygens (including phenoxy) is 1. The molecule has 5 nitrogen and oxygen atoms in total. The van der Waals surface area contributed by atoms with Crippen molar-refractivity contribution in [3.63, 3.8) is 0 Å². The first-order chi connectivity index (χ1) is 8.11. The molecule has 0 saturated carbocycles. The molecule has 1 aromatic carbocycles. The normalized spacial score (nSPS) is 11.9. The summed E-state index contributed by atoms with van der Waals surface area (Å²) in [5, 5.41) is 12.0. The first-order valence-corrected chi connectivity index (χ1v) is 5.46. The van der Waals surface area contributed by atoms with E-state index in [1.807, 2.05) is 31.2 Å². The van der Waals surface area contributed by atoms with Crippen molar-refractivity contribution in [3.05, 3.63) is 29.8 Å². The highest BCUT2D eigenvalue weighted by Gasteiger charge is 2.06. The highest BCUT2D eigenvalue weighted by molar-refractivity contribution is 5.77. The van der Waals surface area contributed by atoms with Gasteiger partial charge in [0.1, 0.15) is 18.5 Å². The molecule has 0 radical (unpaired) electrons. The molecule has 1 amide bonds. The van der Waals surface area contributed by atoms with Crippen LogP contribution in [-0.4, -0.2) is 36.8 Å². The zero-order valence-electron chi connectivity index (χ0n) is 9.85. The van der Waals surface area contributed by atoms with E-state index >= 15 is 0 Å². The van der Waals surface area contributed by atoms with Crippen LogP contribution in [0.15, 0.2) is 24.3 Å². The van der Waals surface area contributed by atoms with E-state index < -0.39 is 6.10 Å². The number of hydrogen-bond acceptors (Lipinski definition) is 4. The summed E-state index contributed by atoms with van der Waals surface area (Å²) in [4.78, 5) is 10.8. The molecule has 5 heteroatoms. The summed E-state index contributed by atoms with van der Waals surface area (Å²) in [5.41, 5.74) is 6.21. The van der Waals surface area contributed by atoms with E-state index in [2.05, 4.69) is 5.32 Å². The Morgan fingerprint density at radius 2 is 2.35 bits per heavy atom. The van der Waals surface area contributed by atoms with Gasteiger partial charge in [0.05, 0.1) is 6.54 Å². The Labute approximate surface area is 101 Å². The molecule has 1 aromatic rings. The van der Waals surface area contributed by atoms with E-state index in [1.165, 1.54) is 0 Å². The largest absolute Gasteiger partial charge is 0.491 e. The maximum absolute atomic E-state index is 10.8. The standard InChI is InChI=1S/C12H18N2O3/c1-9-3-2-4-11(5-9)17-8-10(15)7-14-12(16)6-13/h2-5,10,15H,6-8,13H2,1H3,(H,14,16). The molecule has 0 saturated heterocycles. The molecular weight excluding hydrogens is 220 g/mol. The van der Waals surface area contributed by atoms with Crippen molar-refractivity contribution in [1.29, 1.82) is 0 Å². The van der Waals surface area contributed by atoms with Gasteiger partial charge in [0.15, 0.2) is 0 Å². The zero-order valence-corrected chi connectivity index (χ0v) is 9.85. The maximum Gasteiger partial charge on any atom is 0.233 e. The summed E-state index contributed by atoms with van der Waals surface area (Å²) in [7, 11) is 0. The third-order valence-corrected chi connectivity index (χ3v) is 2.15. The van der Waals surface area contributed by atoms with Crippen LogP contribution in [0, 0.1) is 6.92 Å². The van der Waals surface area contributed by atoms with Crippen molar-refractivity contribution in [2.24, 2.45) is 5.73 Å². The monoisotopic (exact) mass is 238 g/mol. The Kier molecular flexibility index (Phi) is 5.45. The molecule has 1 atom stereocenters. The molecule has 4 N–H and O–H groups in total. The molecule has 0 spiro atoms. The van der Waals surface area contributed by atoms with Crippen LogP contribution in [0.1, 0.15) is 5.56 Å². The van der Waals surface area contributed by atoms with Gasteiger partial charge in [-0.15, -0.1) is 0 Å². The SMILES string of the molecule is Cc1cccc(OCC(O)CNC(=O)CN)c1. The lowest BCUT2D eigenvalue weighted by molar-refractivity contribution is -0.120. The van der Waals surface area contributed by atoms with Gasteiger partial charge in [-0.25, -0.2) is 0 Å². The third kappa shape index (κ3) is 5.33. The van der Waals surface area contributed by atoms with Crippen LogP contribution >= 0.6 is 0 Å². The van der Waals surface area contributed by atoms with E-state index in [9.17, 15) is 9.90 Å². The first kappa shape index (κ1) is 13.5. The van der Waals surface area contributed by atoms with Gasteiger partial charge in [0.2, 0.25) is 5.91 Å². The van der Waals surface area contributed by atoms with Crippen molar-refractivity contribution < 1.29 is 14.6 Å². The Morgan fingerprint density at radius 3 is 3.00 bits per heavy atom. The fraction of sp³-hybridized carbons (Fsp3) is 0.417. The van der Waals surface area contributed by atoms with Crippen LogP contribution in [-0.2, 0) is 4.79 Å². The number of hydrogen-bond donors (Lipinski definition) is 3. The lowest BCUT2D eigenvalue weighted by Crippen LogP contribution is -2.38. The molecule has 1 rings (SSSR count). The van der Waals surface area contributed by atoms with Crippen LogP contribution < -0.4 is 15.8 Å². The van der Waals surface area contributed by atoms with Crippen molar-refractivity contribution in [2.75, 3.05) is 19.7 Å². The van der Waals surface area contributed by atoms with E-state index in [0.29, 0.717) is 5.75 Å². The fourth-order valence-corrected chi connectivity index (χ4v) is 1.26. The van der Waals surface area contributed by atoms with Crippen molar-refractivity contribution in [3.8, 4) is 5.75 Å². The number of aliphatic hydroxyl groups excluding tert-OH is 1. The molecule has 0 bridgehead atoms. The number of aliphatic hydroxyl groups is 1. The summed E-state index contributed by atoms with van der Waals surface area (Å²) in [6.07, 6.45) is -0.744. The van der Waals surface area contributed by atoms with Crippen LogP contribution in [0.3, 0.4) is 0 Å². The predicted molar refractivity (Wildman–Crippen MR) is 64.7 cm³/mol. The minimum Gasteiger partial charge on any atom is -0.491 e. The zero-order chi connectivity index (χ0) is 12.7. The molecule has 0 aliphatic carbocycles. The topological polar surface area (TPSA) is 84.6 Å². The lowest BCUT2D eigenvalue weighted by Gasteiger charge is -2.13. The number of carbonyl (C=O) groups excluding carboxylic acids is 1. The average Bonchev–Trinajstić information content (AvgIpc) is 2.33. The second-order valence-electron chi connectivity index (χ2n) is 3.79. The molecule has 94 valence electrons. The highest BCUT2D eigenvalue weighted by atomic mass is 16.5. The number of nitrogens with one attached hydrogen (secondary N) is 1. The maximum atomic E-state index is 10.8. The second-order valence-corrected chi connectivity index (χ2v) is 3.79. The Hall–Kier alpha value is -1.59. The van der Waals surface area contributed by atoms with Gasteiger partial charge in [-0.05, 0) is 24.6 Å². The van der Waals surface area contributed by atoms with Gasteiger partial charge in [0.25, 0.3) is 0 Å². The van der Waals surface area contributed by atoms with Crippen LogP contribution in [0.25, 0.3) is 0 Å². The summed E-state index contributed by atoms with van der Waals surface area (Å²) >= 11 is 0. The molecular formula is C12H18N2O3. The van der Waals surface area contributed by atoms with Gasteiger partial charge in [-0.1, -0.05) is 12.1 Å². The summed E-state index contributed by atoms with van der Waals surface area (Å²) in [5.74, 6) is 0.411. The number of amides is 1. The Balaban J connectivity index is 2.28. The van der Waals surface area contributed by atoms with E-state index in [1.54, 1.807) is 0 Å². The first-order valence-electron chi connectivity index (χ1n) is 5.46. The van der Waals surface area contributed by atoms with Gasteiger partial charge >= 0.3 is 0 Å². The molecule has 17 heavy (non-hydrogen) atoms. The molecule has 0 heterocycles. The van der Waals surface area contributed by atoms with E-state index in [-0.39, 0.29) is 25.6 Å². The summed E-state index contributed by atoms with van der Waals surface area (Å²) < 4.78 is 5.38. The summed E-state index contributed by atoms with van der Waals surface area (Å²) in [6, 6.07) is 7.54. The van der Waals surface area contributed by atoms with E-state index in [4.69, 9.17) is 10.5 Å². The number of nitrogens with two attached hydrogens (primary N) is 1. The third-order valence-electron chi connectivity index (χ3n) is 2.15. The lowest BCUT2D eigenvalue weighted by atomic mass is 10.2. The molecule has 0 aromatic heterocycles. The van der Waals surface area contributed by atoms with E-state index in [0.717, 1.165) is 5.56 Å². The molecule has 0 aliphatic heterocycles. The highest BCUT2D eigenvalue weighted by Crippen LogP contribution is 2.12. The van der Waals surface area contributed by atoms with Crippen molar-refractivity contribution in [1.82, 2.24) is 5.32 Å². The van der Waals surface area contributed by atoms with Crippen molar-refractivity contribution >= 4 is 5.91 Å². The number of carbonyl (C=O) groups is 1. The molecule has 1 unspecified atom stereocenters. The Bertz CT molecular complexity index is 369. The van der Waals surface area contributed by atoms with Gasteiger partial charge in [-0.2, -0.15) is 0 Å². The minimum absolute atomic E-state index is 0.0779. The van der Waals surface area contributed by atoms with Gasteiger partial charge in [0, 0.05) is 6.54 Å². The quantitative estimate of drug-likeness (QED) is 0.641. The second kappa shape index (κ2) is 6.88. The Morgan fingerprint density at radius 1 is 1.59 bits per heavy atom. The summed E-state index contributed by atoms with van der Waals surface area (Å²) in [6.45, 7) is 2.16. The molecule has 0 aliphatic rings. The number of aryl methyl sites for hydroxylation is 1. The van der Waals surface area contributed by atoms with Crippen LogP contribution in [0.4, 0.5) is 0 Å². The average molecular weight is 238 g/mol. The molecule has 0 fully saturated rings. The number of benzene rings is 1. The van der Waals surface area contributed by atoms with Crippen LogP contribution in [0.2, 0.25) is 0 Å². The van der Waals surface area contributed by atoms with Gasteiger partial charge < -0.3 is 20.9 Å². The van der Waals surface area contributed by atoms with Crippen LogP contribution in [0.5, 0.6) is 5.75 Å². The van der Waals surface area contributed by atoms with Crippen molar-refractivity contribution in [2.45, 2.75) is 13.0 Å². The fourth-order valence-electron chi connectivity index (χ4n) is 1.26. The smallest absolute Gasteiger partial charge is 0.233 e. The predicted octanol–water partition coefficient (Wildman–Crippen LogP) is -0.190.